The number of hydrogen-bond donors (Lipinski definition) is 1. The van der Waals surface area contributed by atoms with Crippen LogP contribution in [0.3, 0.4) is 0 Å². The molecular formula is C27H27Cl3N2O2S. The number of halogens is 3. The summed E-state index contributed by atoms with van der Waals surface area (Å²) in [5, 5.41) is 4.53. The molecule has 0 saturated heterocycles. The van der Waals surface area contributed by atoms with Crippen LogP contribution >= 0.6 is 46.6 Å². The molecule has 1 N–H and O–H groups in total. The maximum atomic E-state index is 13.5. The van der Waals surface area contributed by atoms with E-state index in [2.05, 4.69) is 5.32 Å². The number of nitrogens with one attached hydrogen (secondary N) is 1. The van der Waals surface area contributed by atoms with Crippen LogP contribution < -0.4 is 5.32 Å². The standard InChI is InChI=1S/C27H27Cl3N2O2S/c1-2-31-27(34)25(14-19-6-4-3-5-7-19)32(16-21-10-13-23(29)15-24(21)30)26(33)18-35-17-20-8-11-22(28)12-9-20/h3-13,15,25H,2,14,16-18H2,1H3,(H,31,34). The summed E-state index contributed by atoms with van der Waals surface area (Å²) in [5.74, 6) is 0.543. The summed E-state index contributed by atoms with van der Waals surface area (Å²) in [6.45, 7) is 2.53. The van der Waals surface area contributed by atoms with E-state index in [0.29, 0.717) is 33.8 Å². The van der Waals surface area contributed by atoms with Crippen LogP contribution in [0.1, 0.15) is 23.6 Å². The van der Waals surface area contributed by atoms with Crippen LogP contribution in [0.4, 0.5) is 0 Å². The fraction of sp³-hybridized carbons (Fsp3) is 0.259. The minimum Gasteiger partial charge on any atom is -0.355 e. The maximum absolute atomic E-state index is 13.5. The molecule has 1 atom stereocenters. The topological polar surface area (TPSA) is 49.4 Å². The number of thioether (sulfide) groups is 1. The van der Waals surface area contributed by atoms with Gasteiger partial charge in [0.2, 0.25) is 11.8 Å². The van der Waals surface area contributed by atoms with Gasteiger partial charge in [-0.25, -0.2) is 0 Å². The smallest absolute Gasteiger partial charge is 0.243 e. The molecule has 35 heavy (non-hydrogen) atoms. The van der Waals surface area contributed by atoms with Crippen molar-refractivity contribution in [3.63, 3.8) is 0 Å². The Labute approximate surface area is 225 Å². The Morgan fingerprint density at radius 1 is 0.914 bits per heavy atom. The SMILES string of the molecule is CCNC(=O)C(Cc1ccccc1)N(Cc1ccc(Cl)cc1Cl)C(=O)CSCc1ccc(Cl)cc1. The fourth-order valence-corrected chi connectivity index (χ4v) is 5.06. The van der Waals surface area contributed by atoms with Crippen LogP contribution in [0.2, 0.25) is 15.1 Å². The first-order valence-electron chi connectivity index (χ1n) is 11.2. The van der Waals surface area contributed by atoms with Crippen LogP contribution in [-0.4, -0.2) is 35.1 Å². The molecule has 1 unspecified atom stereocenters. The largest absolute Gasteiger partial charge is 0.355 e. The van der Waals surface area contributed by atoms with Gasteiger partial charge in [-0.3, -0.25) is 9.59 Å². The van der Waals surface area contributed by atoms with Gasteiger partial charge >= 0.3 is 0 Å². The lowest BCUT2D eigenvalue weighted by molar-refractivity contribution is -0.139. The number of carbonyl (C=O) groups is 2. The lowest BCUT2D eigenvalue weighted by atomic mass is 10.0. The second kappa shape index (κ2) is 13.8. The summed E-state index contributed by atoms with van der Waals surface area (Å²) >= 11 is 20.0. The zero-order valence-corrected chi connectivity index (χ0v) is 22.4. The first kappa shape index (κ1) is 27.4. The van der Waals surface area contributed by atoms with Gasteiger partial charge in [0, 0.05) is 40.3 Å². The molecule has 3 rings (SSSR count). The number of amides is 2. The molecule has 0 saturated carbocycles. The van der Waals surface area contributed by atoms with Crippen molar-refractivity contribution >= 4 is 58.4 Å². The minimum atomic E-state index is -0.687. The van der Waals surface area contributed by atoms with E-state index in [-0.39, 0.29) is 24.1 Å². The molecule has 184 valence electrons. The van der Waals surface area contributed by atoms with E-state index in [9.17, 15) is 9.59 Å². The number of carbonyl (C=O) groups excluding carboxylic acids is 2. The molecular weight excluding hydrogens is 523 g/mol. The van der Waals surface area contributed by atoms with E-state index < -0.39 is 6.04 Å². The Morgan fingerprint density at radius 2 is 1.60 bits per heavy atom. The van der Waals surface area contributed by atoms with E-state index in [1.807, 2.05) is 61.5 Å². The highest BCUT2D eigenvalue weighted by atomic mass is 35.5. The van der Waals surface area contributed by atoms with Crippen molar-refractivity contribution in [3.05, 3.63) is 105 Å². The van der Waals surface area contributed by atoms with Gasteiger partial charge in [0.15, 0.2) is 0 Å². The average molecular weight is 550 g/mol. The summed E-state index contributed by atoms with van der Waals surface area (Å²) in [6.07, 6.45) is 0.394. The van der Waals surface area contributed by atoms with Crippen LogP contribution in [0, 0.1) is 0 Å². The van der Waals surface area contributed by atoms with E-state index >= 15 is 0 Å². The van der Waals surface area contributed by atoms with Crippen molar-refractivity contribution < 1.29 is 9.59 Å². The number of benzene rings is 3. The van der Waals surface area contributed by atoms with Crippen LogP contribution in [0.15, 0.2) is 72.8 Å². The molecule has 8 heteroatoms. The number of likely N-dealkylation sites (N-methyl/N-ethyl adjacent to an activating group) is 1. The third kappa shape index (κ3) is 8.46. The second-order valence-corrected chi connectivity index (χ2v) is 10.2. The lowest BCUT2D eigenvalue weighted by Crippen LogP contribution is -2.51. The lowest BCUT2D eigenvalue weighted by Gasteiger charge is -2.31. The summed E-state index contributed by atoms with van der Waals surface area (Å²) in [6, 6.07) is 21.7. The van der Waals surface area contributed by atoms with Gasteiger partial charge in [-0.2, -0.15) is 0 Å². The Bertz CT molecular complexity index is 1130. The first-order chi connectivity index (χ1) is 16.9. The molecule has 0 aliphatic rings. The molecule has 2 amide bonds. The fourth-order valence-electron chi connectivity index (χ4n) is 3.60. The van der Waals surface area contributed by atoms with Crippen LogP contribution in [0.5, 0.6) is 0 Å². The van der Waals surface area contributed by atoms with E-state index in [1.165, 1.54) is 11.8 Å². The van der Waals surface area contributed by atoms with Crippen LogP contribution in [0.25, 0.3) is 0 Å². The van der Waals surface area contributed by atoms with Crippen molar-refractivity contribution in [3.8, 4) is 0 Å². The highest BCUT2D eigenvalue weighted by Crippen LogP contribution is 2.25. The molecule has 0 bridgehead atoms. The monoisotopic (exact) mass is 548 g/mol. The van der Waals surface area contributed by atoms with E-state index in [4.69, 9.17) is 34.8 Å². The Morgan fingerprint density at radius 3 is 2.26 bits per heavy atom. The van der Waals surface area contributed by atoms with Crippen LogP contribution in [-0.2, 0) is 28.3 Å². The van der Waals surface area contributed by atoms with Crippen molar-refractivity contribution in [2.45, 2.75) is 31.7 Å². The molecule has 0 spiro atoms. The van der Waals surface area contributed by atoms with Gasteiger partial charge in [0.1, 0.15) is 6.04 Å². The molecule has 0 aliphatic heterocycles. The van der Waals surface area contributed by atoms with Gasteiger partial charge in [-0.15, -0.1) is 11.8 Å². The summed E-state index contributed by atoms with van der Waals surface area (Å²) < 4.78 is 0. The van der Waals surface area contributed by atoms with Gasteiger partial charge in [-0.05, 0) is 47.9 Å². The molecule has 3 aromatic rings. The van der Waals surface area contributed by atoms with Gasteiger partial charge in [-0.1, -0.05) is 83.3 Å². The Kier molecular flexibility index (Phi) is 10.8. The van der Waals surface area contributed by atoms with E-state index in [1.54, 1.807) is 23.1 Å². The zero-order chi connectivity index (χ0) is 25.2. The third-order valence-corrected chi connectivity index (χ3v) is 7.21. The average Bonchev–Trinajstić information content (AvgIpc) is 2.84. The van der Waals surface area contributed by atoms with Crippen molar-refractivity contribution in [2.75, 3.05) is 12.3 Å². The van der Waals surface area contributed by atoms with Gasteiger partial charge in [0.25, 0.3) is 0 Å². The molecule has 0 radical (unpaired) electrons. The molecule has 3 aromatic carbocycles. The zero-order valence-electron chi connectivity index (χ0n) is 19.3. The van der Waals surface area contributed by atoms with Crippen molar-refractivity contribution in [1.82, 2.24) is 10.2 Å². The molecule has 4 nitrogen and oxygen atoms in total. The molecule has 0 aromatic heterocycles. The highest BCUT2D eigenvalue weighted by molar-refractivity contribution is 7.99. The second-order valence-electron chi connectivity index (χ2n) is 7.98. The van der Waals surface area contributed by atoms with E-state index in [0.717, 1.165) is 16.7 Å². The third-order valence-electron chi connectivity index (χ3n) is 5.39. The summed E-state index contributed by atoms with van der Waals surface area (Å²) in [5.41, 5.74) is 2.77. The predicted molar refractivity (Wildman–Crippen MR) is 147 cm³/mol. The van der Waals surface area contributed by atoms with Crippen molar-refractivity contribution in [2.24, 2.45) is 0 Å². The summed E-state index contributed by atoms with van der Waals surface area (Å²) in [4.78, 5) is 28.3. The number of rotatable bonds is 11. The first-order valence-corrected chi connectivity index (χ1v) is 13.5. The Balaban J connectivity index is 1.85. The van der Waals surface area contributed by atoms with Crippen molar-refractivity contribution in [1.29, 1.82) is 0 Å². The quantitative estimate of drug-likeness (QED) is 0.291. The summed E-state index contributed by atoms with van der Waals surface area (Å²) in [7, 11) is 0. The van der Waals surface area contributed by atoms with Gasteiger partial charge < -0.3 is 10.2 Å². The predicted octanol–water partition coefficient (Wildman–Crippen LogP) is 6.66. The normalized spacial score (nSPS) is 11.7. The molecule has 0 fully saturated rings. The molecule has 0 aliphatic carbocycles. The number of hydrogen-bond acceptors (Lipinski definition) is 3. The maximum Gasteiger partial charge on any atom is 0.243 e. The minimum absolute atomic E-state index is 0.137. The van der Waals surface area contributed by atoms with Gasteiger partial charge in [0.05, 0.1) is 5.75 Å². The molecule has 0 heterocycles. The Hall–Kier alpha value is -2.18. The highest BCUT2D eigenvalue weighted by Gasteiger charge is 2.30. The number of nitrogens with zero attached hydrogens (tertiary/aromatic N) is 1.